The predicted octanol–water partition coefficient (Wildman–Crippen LogP) is 24.6. The van der Waals surface area contributed by atoms with Gasteiger partial charge in [-0.15, -0.1) is 0 Å². The molecule has 0 bridgehead atoms. The molecule has 0 aliphatic carbocycles. The van der Waals surface area contributed by atoms with Crippen LogP contribution in [0.15, 0.2) is 85.1 Å². The normalized spacial score (nSPS) is 12.6. The first kappa shape index (κ1) is 78.6. The summed E-state index contributed by atoms with van der Waals surface area (Å²) in [5.74, 6) is -0.861. The van der Waals surface area contributed by atoms with Crippen molar-refractivity contribution in [2.24, 2.45) is 0 Å². The lowest BCUT2D eigenvalue weighted by molar-refractivity contribution is -0.167. The monoisotopic (exact) mass is 1140 g/mol. The number of hydrogen-bond acceptors (Lipinski definition) is 6. The Morgan fingerprint density at radius 2 is 0.476 bits per heavy atom. The van der Waals surface area contributed by atoms with E-state index in [0.717, 1.165) is 103 Å². The average Bonchev–Trinajstić information content (AvgIpc) is 3.48. The Hall–Kier alpha value is -3.41. The van der Waals surface area contributed by atoms with Crippen LogP contribution in [-0.2, 0) is 28.6 Å². The molecular weight excluding hydrogens is 1010 g/mol. The van der Waals surface area contributed by atoms with E-state index in [1.807, 2.05) is 0 Å². The van der Waals surface area contributed by atoms with Gasteiger partial charge in [-0.05, 0) is 96.3 Å². The van der Waals surface area contributed by atoms with Crippen molar-refractivity contribution in [2.75, 3.05) is 13.2 Å². The number of allylic oxidation sites excluding steroid dienone is 14. The van der Waals surface area contributed by atoms with Crippen LogP contribution < -0.4 is 0 Å². The molecule has 0 saturated carbocycles. The molecule has 1 unspecified atom stereocenters. The van der Waals surface area contributed by atoms with E-state index in [1.165, 1.54) is 218 Å². The summed E-state index contributed by atoms with van der Waals surface area (Å²) in [7, 11) is 0. The van der Waals surface area contributed by atoms with Gasteiger partial charge in [0, 0.05) is 19.3 Å². The fourth-order valence-electron chi connectivity index (χ4n) is 10.3. The van der Waals surface area contributed by atoms with E-state index < -0.39 is 6.10 Å². The fourth-order valence-corrected chi connectivity index (χ4v) is 10.3. The molecule has 0 aliphatic rings. The zero-order valence-corrected chi connectivity index (χ0v) is 54.5. The van der Waals surface area contributed by atoms with Crippen LogP contribution in [0.3, 0.4) is 0 Å². The minimum atomic E-state index is -0.779. The summed E-state index contributed by atoms with van der Waals surface area (Å²) in [6.07, 6.45) is 93.2. The molecule has 0 radical (unpaired) electrons. The lowest BCUT2D eigenvalue weighted by atomic mass is 10.0. The van der Waals surface area contributed by atoms with Crippen molar-refractivity contribution >= 4 is 17.9 Å². The van der Waals surface area contributed by atoms with Crippen molar-refractivity contribution in [1.29, 1.82) is 0 Å². The van der Waals surface area contributed by atoms with E-state index in [0.29, 0.717) is 19.3 Å². The first-order valence-corrected chi connectivity index (χ1v) is 35.6. The Kier molecular flexibility index (Phi) is 67.2. The van der Waals surface area contributed by atoms with Gasteiger partial charge in [0.15, 0.2) is 6.10 Å². The highest BCUT2D eigenvalue weighted by molar-refractivity contribution is 5.71. The van der Waals surface area contributed by atoms with E-state index in [1.54, 1.807) is 0 Å². The number of esters is 3. The van der Waals surface area contributed by atoms with Crippen LogP contribution >= 0.6 is 0 Å². The molecule has 6 heteroatoms. The molecule has 0 heterocycles. The van der Waals surface area contributed by atoms with Gasteiger partial charge in [0.1, 0.15) is 13.2 Å². The van der Waals surface area contributed by atoms with Crippen LogP contribution in [-0.4, -0.2) is 37.2 Å². The molecular formula is C76H134O6. The predicted molar refractivity (Wildman–Crippen MR) is 358 cm³/mol. The van der Waals surface area contributed by atoms with Crippen LogP contribution in [0.25, 0.3) is 0 Å². The Morgan fingerprint density at radius 1 is 0.256 bits per heavy atom. The molecule has 0 aromatic heterocycles. The van der Waals surface area contributed by atoms with Gasteiger partial charge < -0.3 is 14.2 Å². The van der Waals surface area contributed by atoms with Crippen LogP contribution in [0.5, 0.6) is 0 Å². The van der Waals surface area contributed by atoms with E-state index in [4.69, 9.17) is 14.2 Å². The van der Waals surface area contributed by atoms with Crippen molar-refractivity contribution in [2.45, 2.75) is 367 Å². The van der Waals surface area contributed by atoms with Gasteiger partial charge in [-0.1, -0.05) is 331 Å². The molecule has 0 N–H and O–H groups in total. The van der Waals surface area contributed by atoms with Gasteiger partial charge >= 0.3 is 17.9 Å². The Labute approximate surface area is 509 Å². The third-order valence-corrected chi connectivity index (χ3v) is 15.6. The molecule has 0 aromatic carbocycles. The first-order valence-electron chi connectivity index (χ1n) is 35.6. The van der Waals surface area contributed by atoms with Gasteiger partial charge in [0.25, 0.3) is 0 Å². The SMILES string of the molecule is CC/C=C\C/C=C\C/C=C\C/C=C\C/C=C\CCCCCCCCCCCCCCCCCC(=O)OCC(COC(=O)CCCCCCCCCCCCCCCCCC)OC(=O)CCCCCCCCC/C=C\C/C=C\CCCCC. The third kappa shape index (κ3) is 67.4. The summed E-state index contributed by atoms with van der Waals surface area (Å²) in [6, 6.07) is 0. The zero-order valence-electron chi connectivity index (χ0n) is 54.5. The van der Waals surface area contributed by atoms with Gasteiger partial charge in [-0.25, -0.2) is 0 Å². The molecule has 0 rings (SSSR count). The molecule has 0 aromatic rings. The van der Waals surface area contributed by atoms with E-state index >= 15 is 0 Å². The van der Waals surface area contributed by atoms with E-state index in [2.05, 4.69) is 106 Å². The number of hydrogen-bond donors (Lipinski definition) is 0. The van der Waals surface area contributed by atoms with Crippen LogP contribution in [0.2, 0.25) is 0 Å². The van der Waals surface area contributed by atoms with E-state index in [9.17, 15) is 14.4 Å². The zero-order chi connectivity index (χ0) is 59.2. The summed E-state index contributed by atoms with van der Waals surface area (Å²) >= 11 is 0. The highest BCUT2D eigenvalue weighted by Gasteiger charge is 2.19. The Morgan fingerprint density at radius 3 is 0.768 bits per heavy atom. The Bertz CT molecular complexity index is 1550. The summed E-state index contributed by atoms with van der Waals surface area (Å²) in [5, 5.41) is 0. The molecule has 0 amide bonds. The summed E-state index contributed by atoms with van der Waals surface area (Å²) in [5.41, 5.74) is 0. The second-order valence-electron chi connectivity index (χ2n) is 23.8. The molecule has 82 heavy (non-hydrogen) atoms. The minimum Gasteiger partial charge on any atom is -0.462 e. The average molecular weight is 1140 g/mol. The minimum absolute atomic E-state index is 0.0743. The van der Waals surface area contributed by atoms with Gasteiger partial charge in [-0.2, -0.15) is 0 Å². The van der Waals surface area contributed by atoms with Crippen LogP contribution in [0.4, 0.5) is 0 Å². The quantitative estimate of drug-likeness (QED) is 0.0261. The van der Waals surface area contributed by atoms with Gasteiger partial charge in [-0.3, -0.25) is 14.4 Å². The number of ether oxygens (including phenoxy) is 3. The van der Waals surface area contributed by atoms with Crippen LogP contribution in [0.1, 0.15) is 361 Å². The number of carbonyl (C=O) groups excluding carboxylic acids is 3. The van der Waals surface area contributed by atoms with Crippen LogP contribution in [0, 0.1) is 0 Å². The summed E-state index contributed by atoms with van der Waals surface area (Å²) in [6.45, 7) is 6.55. The van der Waals surface area contributed by atoms with Gasteiger partial charge in [0.05, 0.1) is 0 Å². The summed E-state index contributed by atoms with van der Waals surface area (Å²) in [4.78, 5) is 38.4. The van der Waals surface area contributed by atoms with Crippen molar-refractivity contribution in [3.63, 3.8) is 0 Å². The standard InChI is InChI=1S/C76H134O6/c1-4-7-10-13-16-19-22-25-28-31-32-33-34-35-36-37-38-39-40-41-42-43-44-46-48-51-54-57-60-63-66-69-75(78)81-72-73(71-80-74(77)68-65-62-59-56-53-50-47-30-27-24-21-18-15-12-9-6-3)82-76(79)70-67-64-61-58-55-52-49-45-29-26-23-20-17-14-11-8-5-2/h7,10,16-17,19-20,25-26,28-29,32-33,35-36,73H,4-6,8-9,11-15,18,21-24,27,30-31,34,37-72H2,1-3H3/b10-7-,19-16-,20-17-,28-25-,29-26-,33-32-,36-35-. The number of rotatable bonds is 65. The lowest BCUT2D eigenvalue weighted by Crippen LogP contribution is -2.30. The van der Waals surface area contributed by atoms with Crippen molar-refractivity contribution in [1.82, 2.24) is 0 Å². The molecule has 6 nitrogen and oxygen atoms in total. The summed E-state index contributed by atoms with van der Waals surface area (Å²) < 4.78 is 17.0. The highest BCUT2D eigenvalue weighted by atomic mass is 16.6. The smallest absolute Gasteiger partial charge is 0.306 e. The van der Waals surface area contributed by atoms with Crippen molar-refractivity contribution in [3.05, 3.63) is 85.1 Å². The Balaban J connectivity index is 4.24. The van der Waals surface area contributed by atoms with Gasteiger partial charge in [0.2, 0.25) is 0 Å². The maximum atomic E-state index is 12.9. The molecule has 0 saturated heterocycles. The lowest BCUT2D eigenvalue weighted by Gasteiger charge is -2.18. The van der Waals surface area contributed by atoms with Crippen molar-refractivity contribution in [3.8, 4) is 0 Å². The molecule has 0 fully saturated rings. The maximum absolute atomic E-state index is 12.9. The van der Waals surface area contributed by atoms with E-state index in [-0.39, 0.29) is 31.1 Å². The van der Waals surface area contributed by atoms with Crippen molar-refractivity contribution < 1.29 is 28.6 Å². The highest BCUT2D eigenvalue weighted by Crippen LogP contribution is 2.18. The second-order valence-corrected chi connectivity index (χ2v) is 23.8. The largest absolute Gasteiger partial charge is 0.462 e. The molecule has 474 valence electrons. The number of carbonyl (C=O) groups is 3. The fraction of sp³-hybridized carbons (Fsp3) is 0.776. The maximum Gasteiger partial charge on any atom is 0.306 e. The number of unbranched alkanes of at least 4 members (excludes halogenated alkanes) is 40. The second kappa shape index (κ2) is 70.1. The topological polar surface area (TPSA) is 78.9 Å². The third-order valence-electron chi connectivity index (χ3n) is 15.6. The first-order chi connectivity index (χ1) is 40.5. The molecule has 0 spiro atoms. The molecule has 0 aliphatic heterocycles. The molecule has 1 atom stereocenters.